The number of pyridine rings is 1. The highest BCUT2D eigenvalue weighted by Crippen LogP contribution is 2.22. The van der Waals surface area contributed by atoms with E-state index in [1.54, 1.807) is 6.07 Å². The van der Waals surface area contributed by atoms with Crippen LogP contribution >= 0.6 is 11.6 Å². The second kappa shape index (κ2) is 7.53. The molecule has 2 rings (SSSR count). The molecule has 0 saturated heterocycles. The van der Waals surface area contributed by atoms with Gasteiger partial charge in [0, 0.05) is 17.9 Å². The number of halogens is 2. The van der Waals surface area contributed by atoms with Crippen LogP contribution in [0.5, 0.6) is 0 Å². The molecular formula is C17H20ClFN2. The Bertz CT molecular complexity index is 601. The Morgan fingerprint density at radius 3 is 2.76 bits per heavy atom. The quantitative estimate of drug-likeness (QED) is 0.852. The largest absolute Gasteiger partial charge is 0.310 e. The molecule has 2 nitrogen and oxygen atoms in total. The molecule has 2 aromatic rings. The average Bonchev–Trinajstić information content (AvgIpc) is 2.47. The van der Waals surface area contributed by atoms with Gasteiger partial charge in [-0.1, -0.05) is 24.6 Å². The summed E-state index contributed by atoms with van der Waals surface area (Å²) in [5.74, 6) is -0.366. The lowest BCUT2D eigenvalue weighted by Gasteiger charge is -2.19. The van der Waals surface area contributed by atoms with E-state index in [1.807, 2.05) is 25.3 Å². The highest BCUT2D eigenvalue weighted by Gasteiger charge is 2.13. The van der Waals surface area contributed by atoms with Gasteiger partial charge in [-0.2, -0.15) is 0 Å². The molecule has 21 heavy (non-hydrogen) atoms. The first kappa shape index (κ1) is 15.9. The van der Waals surface area contributed by atoms with Gasteiger partial charge in [-0.15, -0.1) is 0 Å². The Morgan fingerprint density at radius 2 is 2.10 bits per heavy atom. The molecule has 0 amide bonds. The van der Waals surface area contributed by atoms with Crippen LogP contribution in [-0.2, 0) is 6.42 Å². The predicted molar refractivity (Wildman–Crippen MR) is 85.1 cm³/mol. The van der Waals surface area contributed by atoms with Gasteiger partial charge < -0.3 is 5.32 Å². The van der Waals surface area contributed by atoms with Crippen LogP contribution in [-0.4, -0.2) is 11.5 Å². The summed E-state index contributed by atoms with van der Waals surface area (Å²) in [6.07, 6.45) is 3.58. The summed E-state index contributed by atoms with van der Waals surface area (Å²) < 4.78 is 13.6. The molecule has 0 saturated carbocycles. The fourth-order valence-electron chi connectivity index (χ4n) is 2.31. The first-order chi connectivity index (χ1) is 10.1. The van der Waals surface area contributed by atoms with E-state index in [0.29, 0.717) is 0 Å². The second-order valence-corrected chi connectivity index (χ2v) is 5.60. The molecule has 0 spiro atoms. The highest BCUT2D eigenvalue weighted by atomic mass is 35.5. The average molecular weight is 307 g/mol. The van der Waals surface area contributed by atoms with E-state index in [2.05, 4.69) is 23.3 Å². The fraction of sp³-hybridized carbons (Fsp3) is 0.353. The number of aryl methyl sites for hydroxylation is 1. The van der Waals surface area contributed by atoms with Crippen LogP contribution in [0.2, 0.25) is 5.02 Å². The van der Waals surface area contributed by atoms with E-state index in [9.17, 15) is 4.39 Å². The molecule has 4 heteroatoms. The van der Waals surface area contributed by atoms with Crippen molar-refractivity contribution in [3.8, 4) is 0 Å². The maximum atomic E-state index is 13.6. The maximum absolute atomic E-state index is 13.6. The molecule has 1 heterocycles. The molecule has 1 unspecified atom stereocenters. The summed E-state index contributed by atoms with van der Waals surface area (Å²) in [5.41, 5.74) is 3.09. The second-order valence-electron chi connectivity index (χ2n) is 5.19. The lowest BCUT2D eigenvalue weighted by Crippen LogP contribution is -2.24. The minimum atomic E-state index is -0.366. The van der Waals surface area contributed by atoms with Crippen molar-refractivity contribution in [2.75, 3.05) is 6.54 Å². The number of nitrogens with zero attached hydrogens (tertiary/aromatic N) is 1. The van der Waals surface area contributed by atoms with Crippen LogP contribution in [0.15, 0.2) is 36.5 Å². The molecule has 0 aliphatic rings. The van der Waals surface area contributed by atoms with Crippen LogP contribution in [0.25, 0.3) is 0 Å². The van der Waals surface area contributed by atoms with Crippen molar-refractivity contribution in [3.63, 3.8) is 0 Å². The maximum Gasteiger partial charge on any atom is 0.142 e. The topological polar surface area (TPSA) is 24.9 Å². The van der Waals surface area contributed by atoms with Crippen LogP contribution in [0.1, 0.15) is 36.2 Å². The zero-order valence-corrected chi connectivity index (χ0v) is 13.1. The monoisotopic (exact) mass is 306 g/mol. The molecular weight excluding hydrogens is 287 g/mol. The van der Waals surface area contributed by atoms with Gasteiger partial charge in [-0.3, -0.25) is 4.98 Å². The number of hydrogen-bond donors (Lipinski definition) is 1. The van der Waals surface area contributed by atoms with E-state index in [1.165, 1.54) is 11.6 Å². The van der Waals surface area contributed by atoms with E-state index >= 15 is 0 Å². The van der Waals surface area contributed by atoms with Crippen molar-refractivity contribution >= 4 is 11.6 Å². The molecule has 0 aliphatic heterocycles. The van der Waals surface area contributed by atoms with Gasteiger partial charge in [0.25, 0.3) is 0 Å². The van der Waals surface area contributed by atoms with Crippen LogP contribution in [0, 0.1) is 12.7 Å². The fourth-order valence-corrected chi connectivity index (χ4v) is 2.43. The Labute approximate surface area is 130 Å². The lowest BCUT2D eigenvalue weighted by atomic mass is 9.99. The standard InChI is InChI=1S/C17H20ClFN2/c1-3-7-21-17(14-6-8-20-12(2)9-14)11-13-4-5-15(18)16(19)10-13/h4-6,8-10,17,21H,3,7,11H2,1-2H3. The Morgan fingerprint density at radius 1 is 1.29 bits per heavy atom. The van der Waals surface area contributed by atoms with Crippen LogP contribution < -0.4 is 5.32 Å². The smallest absolute Gasteiger partial charge is 0.142 e. The zero-order valence-electron chi connectivity index (χ0n) is 12.4. The summed E-state index contributed by atoms with van der Waals surface area (Å²) in [6.45, 7) is 5.02. The third-order valence-electron chi connectivity index (χ3n) is 3.39. The molecule has 1 N–H and O–H groups in total. The summed E-state index contributed by atoms with van der Waals surface area (Å²) in [7, 11) is 0. The number of hydrogen-bond acceptors (Lipinski definition) is 2. The van der Waals surface area contributed by atoms with E-state index in [0.717, 1.165) is 30.6 Å². The Balaban J connectivity index is 2.21. The van der Waals surface area contributed by atoms with Crippen molar-refractivity contribution < 1.29 is 4.39 Å². The van der Waals surface area contributed by atoms with Gasteiger partial charge in [0.2, 0.25) is 0 Å². The summed E-state index contributed by atoms with van der Waals surface area (Å²) in [6, 6.07) is 9.22. The molecule has 1 aromatic heterocycles. The summed E-state index contributed by atoms with van der Waals surface area (Å²) >= 11 is 5.74. The number of aromatic nitrogens is 1. The van der Waals surface area contributed by atoms with E-state index in [-0.39, 0.29) is 16.9 Å². The third-order valence-corrected chi connectivity index (χ3v) is 3.69. The minimum Gasteiger partial charge on any atom is -0.310 e. The molecule has 0 bridgehead atoms. The number of rotatable bonds is 6. The number of benzene rings is 1. The first-order valence-corrected chi connectivity index (χ1v) is 7.57. The lowest BCUT2D eigenvalue weighted by molar-refractivity contribution is 0.526. The van der Waals surface area contributed by atoms with Gasteiger partial charge in [-0.05, 0) is 61.7 Å². The SMILES string of the molecule is CCCNC(Cc1ccc(Cl)c(F)c1)c1ccnc(C)c1. The van der Waals surface area contributed by atoms with Crippen LogP contribution in [0.4, 0.5) is 4.39 Å². The highest BCUT2D eigenvalue weighted by molar-refractivity contribution is 6.30. The molecule has 0 aliphatic carbocycles. The predicted octanol–water partition coefficient (Wildman–Crippen LogP) is 4.47. The molecule has 1 aromatic carbocycles. The molecule has 1 atom stereocenters. The zero-order chi connectivity index (χ0) is 15.2. The Hall–Kier alpha value is -1.45. The third kappa shape index (κ3) is 4.51. The van der Waals surface area contributed by atoms with Crippen molar-refractivity contribution in [2.24, 2.45) is 0 Å². The van der Waals surface area contributed by atoms with Gasteiger partial charge in [-0.25, -0.2) is 4.39 Å². The van der Waals surface area contributed by atoms with Gasteiger partial charge in [0.15, 0.2) is 0 Å². The summed E-state index contributed by atoms with van der Waals surface area (Å²) in [4.78, 5) is 4.23. The molecule has 0 fully saturated rings. The molecule has 112 valence electrons. The van der Waals surface area contributed by atoms with E-state index < -0.39 is 0 Å². The van der Waals surface area contributed by atoms with E-state index in [4.69, 9.17) is 11.6 Å². The van der Waals surface area contributed by atoms with Gasteiger partial charge in [0.05, 0.1) is 5.02 Å². The van der Waals surface area contributed by atoms with Crippen LogP contribution in [0.3, 0.4) is 0 Å². The normalized spacial score (nSPS) is 12.4. The summed E-state index contributed by atoms with van der Waals surface area (Å²) in [5, 5.41) is 3.68. The minimum absolute atomic E-state index is 0.146. The van der Waals surface area contributed by atoms with Gasteiger partial charge in [0.1, 0.15) is 5.82 Å². The molecule has 0 radical (unpaired) electrons. The van der Waals surface area contributed by atoms with Crippen molar-refractivity contribution in [1.82, 2.24) is 10.3 Å². The first-order valence-electron chi connectivity index (χ1n) is 7.20. The number of nitrogens with one attached hydrogen (secondary N) is 1. The van der Waals surface area contributed by atoms with Crippen molar-refractivity contribution in [3.05, 3.63) is 64.2 Å². The Kier molecular flexibility index (Phi) is 5.71. The van der Waals surface area contributed by atoms with Crippen molar-refractivity contribution in [2.45, 2.75) is 32.7 Å². The van der Waals surface area contributed by atoms with Crippen molar-refractivity contribution in [1.29, 1.82) is 0 Å². The van der Waals surface area contributed by atoms with Gasteiger partial charge >= 0.3 is 0 Å².